The third-order valence-electron chi connectivity index (χ3n) is 5.56. The van der Waals surface area contributed by atoms with Crippen LogP contribution in [0.4, 0.5) is 0 Å². The van der Waals surface area contributed by atoms with Crippen LogP contribution in [-0.2, 0) is 11.2 Å². The van der Waals surface area contributed by atoms with Crippen LogP contribution in [0.1, 0.15) is 44.1 Å². The Bertz CT molecular complexity index is 540. The summed E-state index contributed by atoms with van der Waals surface area (Å²) in [5.74, 6) is 1.65. The fourth-order valence-corrected chi connectivity index (χ4v) is 4.13. The van der Waals surface area contributed by atoms with Crippen LogP contribution in [0.3, 0.4) is 0 Å². The number of aryl methyl sites for hydroxylation is 1. The molecular formula is C20H30N2O2. The smallest absolute Gasteiger partial charge is 0.220 e. The van der Waals surface area contributed by atoms with Crippen molar-refractivity contribution in [2.24, 2.45) is 5.92 Å². The molecule has 0 bridgehead atoms. The number of carbonyl (C=O) groups excluding carboxylic acids is 1. The molecule has 4 heteroatoms. The molecule has 2 fully saturated rings. The number of likely N-dealkylation sites (tertiary alicyclic amines) is 1. The molecule has 0 aromatic heterocycles. The number of ether oxygens (including phenoxy) is 1. The summed E-state index contributed by atoms with van der Waals surface area (Å²) in [6.07, 6.45) is 8.02. The van der Waals surface area contributed by atoms with Gasteiger partial charge < -0.3 is 15.0 Å². The van der Waals surface area contributed by atoms with Crippen molar-refractivity contribution >= 4 is 5.91 Å². The fraction of sp³-hybridized carbons (Fsp3) is 0.650. The van der Waals surface area contributed by atoms with Crippen molar-refractivity contribution in [1.82, 2.24) is 10.2 Å². The molecule has 1 atom stereocenters. The van der Waals surface area contributed by atoms with Gasteiger partial charge in [-0.05, 0) is 49.8 Å². The van der Waals surface area contributed by atoms with Gasteiger partial charge in [0.25, 0.3) is 0 Å². The van der Waals surface area contributed by atoms with Crippen LogP contribution in [0.2, 0.25) is 0 Å². The van der Waals surface area contributed by atoms with Gasteiger partial charge in [-0.1, -0.05) is 31.0 Å². The highest BCUT2D eigenvalue weighted by Gasteiger charge is 2.29. The van der Waals surface area contributed by atoms with Crippen molar-refractivity contribution < 1.29 is 9.53 Å². The molecule has 1 saturated heterocycles. The monoisotopic (exact) mass is 330 g/mol. The van der Waals surface area contributed by atoms with Crippen molar-refractivity contribution in [3.8, 4) is 5.75 Å². The topological polar surface area (TPSA) is 41.6 Å². The van der Waals surface area contributed by atoms with Crippen LogP contribution in [0.25, 0.3) is 0 Å². The molecule has 1 aliphatic heterocycles. The highest BCUT2D eigenvalue weighted by Crippen LogP contribution is 2.28. The van der Waals surface area contributed by atoms with Crippen LogP contribution in [0.5, 0.6) is 5.75 Å². The lowest BCUT2D eigenvalue weighted by Gasteiger charge is -2.23. The first-order valence-corrected chi connectivity index (χ1v) is 9.39. The second kappa shape index (κ2) is 8.52. The van der Waals surface area contributed by atoms with Crippen molar-refractivity contribution in [3.63, 3.8) is 0 Å². The number of para-hydroxylation sites is 1. The van der Waals surface area contributed by atoms with Gasteiger partial charge >= 0.3 is 0 Å². The third kappa shape index (κ3) is 4.50. The normalized spacial score (nSPS) is 22.0. The fourth-order valence-electron chi connectivity index (χ4n) is 4.13. The summed E-state index contributed by atoms with van der Waals surface area (Å²) >= 11 is 0. The largest absolute Gasteiger partial charge is 0.496 e. The van der Waals surface area contributed by atoms with E-state index in [2.05, 4.69) is 10.2 Å². The average molecular weight is 330 g/mol. The molecule has 1 amide bonds. The van der Waals surface area contributed by atoms with Crippen LogP contribution < -0.4 is 10.1 Å². The first-order valence-electron chi connectivity index (χ1n) is 9.39. The third-order valence-corrected chi connectivity index (χ3v) is 5.56. The first-order chi connectivity index (χ1) is 11.8. The Balaban J connectivity index is 1.37. The summed E-state index contributed by atoms with van der Waals surface area (Å²) in [7, 11) is 1.68. The Labute approximate surface area is 145 Å². The van der Waals surface area contributed by atoms with Crippen molar-refractivity contribution in [2.75, 3.05) is 26.7 Å². The summed E-state index contributed by atoms with van der Waals surface area (Å²) in [6, 6.07) is 8.74. The van der Waals surface area contributed by atoms with E-state index in [4.69, 9.17) is 4.74 Å². The first kappa shape index (κ1) is 17.3. The van der Waals surface area contributed by atoms with Crippen LogP contribution in [-0.4, -0.2) is 43.6 Å². The zero-order chi connectivity index (χ0) is 16.8. The van der Waals surface area contributed by atoms with Crippen molar-refractivity contribution in [2.45, 2.75) is 51.0 Å². The lowest BCUT2D eigenvalue weighted by atomic mass is 10.1. The van der Waals surface area contributed by atoms with Gasteiger partial charge in [0.15, 0.2) is 0 Å². The molecule has 0 radical (unpaired) electrons. The molecule has 3 rings (SSSR count). The van der Waals surface area contributed by atoms with E-state index in [0.29, 0.717) is 12.3 Å². The quantitative estimate of drug-likeness (QED) is 0.835. The maximum atomic E-state index is 12.1. The summed E-state index contributed by atoms with van der Waals surface area (Å²) in [5, 5.41) is 3.14. The molecule has 1 saturated carbocycles. The Morgan fingerprint density at radius 3 is 2.83 bits per heavy atom. The summed E-state index contributed by atoms with van der Waals surface area (Å²) in [6.45, 7) is 3.21. The number of amides is 1. The van der Waals surface area contributed by atoms with Gasteiger partial charge in [0.2, 0.25) is 5.91 Å². The number of rotatable bonds is 7. The number of nitrogens with zero attached hydrogens (tertiary/aromatic N) is 1. The van der Waals surface area contributed by atoms with Crippen LogP contribution in [0, 0.1) is 5.92 Å². The number of hydrogen-bond acceptors (Lipinski definition) is 3. The van der Waals surface area contributed by atoms with Gasteiger partial charge in [0, 0.05) is 25.6 Å². The Morgan fingerprint density at radius 2 is 2.04 bits per heavy atom. The van der Waals surface area contributed by atoms with Crippen molar-refractivity contribution in [3.05, 3.63) is 29.8 Å². The second-order valence-corrected chi connectivity index (χ2v) is 7.20. The SMILES string of the molecule is COc1ccccc1CCC(=O)NCC1CCN(C2CCCC2)C1. The predicted molar refractivity (Wildman–Crippen MR) is 96.3 cm³/mol. The molecule has 24 heavy (non-hydrogen) atoms. The van der Waals surface area contributed by atoms with E-state index in [1.54, 1.807) is 7.11 Å². The molecule has 0 spiro atoms. The standard InChI is InChI=1S/C20H30N2O2/c1-24-19-9-5-2-6-17(19)10-11-20(23)21-14-16-12-13-22(15-16)18-7-3-4-8-18/h2,5-6,9,16,18H,3-4,7-8,10-15H2,1H3,(H,21,23). The highest BCUT2D eigenvalue weighted by atomic mass is 16.5. The van der Waals surface area contributed by atoms with Gasteiger partial charge in [-0.25, -0.2) is 0 Å². The molecule has 1 heterocycles. The minimum absolute atomic E-state index is 0.153. The number of carbonyl (C=O) groups is 1. The lowest BCUT2D eigenvalue weighted by molar-refractivity contribution is -0.121. The van der Waals surface area contributed by atoms with Gasteiger partial charge in [-0.15, -0.1) is 0 Å². The number of hydrogen-bond donors (Lipinski definition) is 1. The minimum Gasteiger partial charge on any atom is -0.496 e. The van der Waals surface area contributed by atoms with E-state index < -0.39 is 0 Å². The molecule has 132 valence electrons. The number of nitrogens with one attached hydrogen (secondary N) is 1. The maximum absolute atomic E-state index is 12.1. The molecule has 4 nitrogen and oxygen atoms in total. The van der Waals surface area contributed by atoms with E-state index >= 15 is 0 Å². The molecule has 1 N–H and O–H groups in total. The Morgan fingerprint density at radius 1 is 1.25 bits per heavy atom. The van der Waals surface area contributed by atoms with Crippen molar-refractivity contribution in [1.29, 1.82) is 0 Å². The average Bonchev–Trinajstić information content (AvgIpc) is 3.29. The summed E-state index contributed by atoms with van der Waals surface area (Å²) < 4.78 is 5.34. The molecule has 1 unspecified atom stereocenters. The Hall–Kier alpha value is -1.55. The summed E-state index contributed by atoms with van der Waals surface area (Å²) in [4.78, 5) is 14.8. The zero-order valence-corrected chi connectivity index (χ0v) is 14.8. The maximum Gasteiger partial charge on any atom is 0.220 e. The van der Waals surface area contributed by atoms with E-state index in [9.17, 15) is 4.79 Å². The zero-order valence-electron chi connectivity index (χ0n) is 14.8. The van der Waals surface area contributed by atoms with Gasteiger partial charge in [0.05, 0.1) is 7.11 Å². The molecular weight excluding hydrogens is 300 g/mol. The second-order valence-electron chi connectivity index (χ2n) is 7.20. The van der Waals surface area contributed by atoms with Crippen LogP contribution in [0.15, 0.2) is 24.3 Å². The van der Waals surface area contributed by atoms with Gasteiger partial charge in [0.1, 0.15) is 5.75 Å². The van der Waals surface area contributed by atoms with E-state index in [0.717, 1.165) is 36.9 Å². The summed E-state index contributed by atoms with van der Waals surface area (Å²) in [5.41, 5.74) is 1.10. The molecule has 1 aromatic carbocycles. The van der Waals surface area contributed by atoms with E-state index in [-0.39, 0.29) is 5.91 Å². The molecule has 1 aliphatic carbocycles. The highest BCUT2D eigenvalue weighted by molar-refractivity contribution is 5.76. The number of methoxy groups -OCH3 is 1. The van der Waals surface area contributed by atoms with Crippen LogP contribution >= 0.6 is 0 Å². The molecule has 1 aromatic rings. The number of benzene rings is 1. The Kier molecular flexibility index (Phi) is 6.13. The lowest BCUT2D eigenvalue weighted by Crippen LogP contribution is -2.34. The van der Waals surface area contributed by atoms with Gasteiger partial charge in [-0.3, -0.25) is 4.79 Å². The van der Waals surface area contributed by atoms with E-state index in [1.807, 2.05) is 24.3 Å². The predicted octanol–water partition coefficient (Wildman–Crippen LogP) is 3.01. The molecule has 2 aliphatic rings. The minimum atomic E-state index is 0.153. The van der Waals surface area contributed by atoms with E-state index in [1.165, 1.54) is 38.6 Å². The van der Waals surface area contributed by atoms with Gasteiger partial charge in [-0.2, -0.15) is 0 Å².